The van der Waals surface area contributed by atoms with E-state index in [1.54, 1.807) is 0 Å². The molecule has 0 amide bonds. The van der Waals surface area contributed by atoms with Crippen molar-refractivity contribution >= 4 is 5.97 Å². The maximum Gasteiger partial charge on any atom is 0.130 e. The highest BCUT2D eigenvalue weighted by molar-refractivity contribution is 5.65. The molecular weight excluding hydrogens is 354 g/mol. The van der Waals surface area contributed by atoms with Gasteiger partial charge in [-0.2, -0.15) is 0 Å². The Hall–Kier alpha value is -1.77. The van der Waals surface area contributed by atoms with Crippen molar-refractivity contribution in [1.82, 2.24) is 5.48 Å². The van der Waals surface area contributed by atoms with Gasteiger partial charge in [-0.1, -0.05) is 31.4 Å². The number of carboxylic acids is 1. The lowest BCUT2D eigenvalue weighted by Gasteiger charge is -2.58. The summed E-state index contributed by atoms with van der Waals surface area (Å²) in [4.78, 5) is 15.5. The predicted octanol–water partition coefficient (Wildman–Crippen LogP) is 2.08. The van der Waals surface area contributed by atoms with E-state index in [4.69, 9.17) is 11.3 Å². The molecule has 0 radical (unpaired) electrons. The summed E-state index contributed by atoms with van der Waals surface area (Å²) >= 11 is 0. The lowest BCUT2D eigenvalue weighted by Crippen LogP contribution is -2.54. The van der Waals surface area contributed by atoms with E-state index >= 15 is 0 Å². The van der Waals surface area contributed by atoms with Gasteiger partial charge in [0, 0.05) is 5.41 Å². The summed E-state index contributed by atoms with van der Waals surface area (Å²) in [5.41, 5.74) is 3.98. The maximum atomic E-state index is 11.1. The molecule has 4 aliphatic carbocycles. The van der Waals surface area contributed by atoms with Crippen molar-refractivity contribution in [2.24, 2.45) is 28.6 Å². The van der Waals surface area contributed by atoms with Crippen molar-refractivity contribution in [3.05, 3.63) is 23.4 Å². The standard InChI is InChI=1S/C23H31NO4/c1-4-23(27)12-9-19-17-6-5-15-13-16(24-28-14-20(25)26)7-10-21(15,2)18(17)8-11-22(19,23)3/h1,7,13,17-19,24,27H,5-6,8-12,14H2,2-3H3,(H,25,26)/p-1/t17-,18-,19-,21-,22+,23+/m1/s1. The van der Waals surface area contributed by atoms with Gasteiger partial charge >= 0.3 is 0 Å². The normalized spacial score (nSPS) is 44.3. The molecule has 0 saturated heterocycles. The van der Waals surface area contributed by atoms with E-state index < -0.39 is 18.2 Å². The molecule has 0 aliphatic heterocycles. The zero-order valence-corrected chi connectivity index (χ0v) is 16.8. The number of carbonyl (C=O) groups excluding carboxylic acids is 1. The van der Waals surface area contributed by atoms with Gasteiger partial charge < -0.3 is 15.0 Å². The molecule has 5 nitrogen and oxygen atoms in total. The Labute approximate surface area is 167 Å². The van der Waals surface area contributed by atoms with Gasteiger partial charge in [-0.15, -0.1) is 6.42 Å². The first-order chi connectivity index (χ1) is 13.2. The topological polar surface area (TPSA) is 81.6 Å². The molecule has 4 aliphatic rings. The summed E-state index contributed by atoms with van der Waals surface area (Å²) in [6.45, 7) is 4.11. The summed E-state index contributed by atoms with van der Waals surface area (Å²) in [6, 6.07) is 0. The fourth-order valence-corrected chi connectivity index (χ4v) is 6.92. The average Bonchev–Trinajstić information content (AvgIpc) is 2.93. The third-order valence-corrected chi connectivity index (χ3v) is 8.58. The minimum Gasteiger partial charge on any atom is -0.548 e. The maximum absolute atomic E-state index is 11.1. The van der Waals surface area contributed by atoms with Crippen LogP contribution in [0.2, 0.25) is 0 Å². The van der Waals surface area contributed by atoms with Crippen molar-refractivity contribution in [3.63, 3.8) is 0 Å². The molecule has 3 saturated carbocycles. The van der Waals surface area contributed by atoms with Crippen LogP contribution in [0.3, 0.4) is 0 Å². The van der Waals surface area contributed by atoms with E-state index in [1.807, 2.05) is 0 Å². The molecule has 152 valence electrons. The summed E-state index contributed by atoms with van der Waals surface area (Å²) in [6.07, 6.45) is 16.9. The zero-order chi connectivity index (χ0) is 20.2. The van der Waals surface area contributed by atoms with Crippen molar-refractivity contribution in [2.75, 3.05) is 6.61 Å². The number of hydrogen-bond acceptors (Lipinski definition) is 5. The number of hydrogen-bond donors (Lipinski definition) is 2. The average molecular weight is 384 g/mol. The Balaban J connectivity index is 1.53. The van der Waals surface area contributed by atoms with E-state index in [-0.39, 0.29) is 10.8 Å². The van der Waals surface area contributed by atoms with E-state index in [0.717, 1.165) is 50.6 Å². The second kappa shape index (κ2) is 6.64. The van der Waals surface area contributed by atoms with Crippen LogP contribution in [-0.2, 0) is 9.63 Å². The third kappa shape index (κ3) is 2.73. The zero-order valence-electron chi connectivity index (χ0n) is 16.8. The Morgan fingerprint density at radius 3 is 2.82 bits per heavy atom. The van der Waals surface area contributed by atoms with Crippen molar-refractivity contribution < 1.29 is 19.8 Å². The summed E-state index contributed by atoms with van der Waals surface area (Å²) in [7, 11) is 0. The smallest absolute Gasteiger partial charge is 0.130 e. The van der Waals surface area contributed by atoms with E-state index in [0.29, 0.717) is 17.8 Å². The summed E-state index contributed by atoms with van der Waals surface area (Å²) < 4.78 is 0. The highest BCUT2D eigenvalue weighted by atomic mass is 16.7. The number of fused-ring (bicyclic) bond motifs is 5. The van der Waals surface area contributed by atoms with Gasteiger partial charge in [0.25, 0.3) is 0 Å². The molecule has 0 aromatic heterocycles. The second-order valence-corrected chi connectivity index (χ2v) is 9.63. The number of aliphatic hydroxyl groups is 1. The van der Waals surface area contributed by atoms with E-state index in [9.17, 15) is 15.0 Å². The molecule has 3 fully saturated rings. The van der Waals surface area contributed by atoms with Crippen LogP contribution in [0.15, 0.2) is 23.4 Å². The van der Waals surface area contributed by atoms with Gasteiger partial charge in [-0.05, 0) is 74.2 Å². The number of nitrogens with one attached hydrogen (secondary N) is 1. The Morgan fingerprint density at radius 2 is 2.11 bits per heavy atom. The first-order valence-corrected chi connectivity index (χ1v) is 10.4. The number of hydroxylamine groups is 1. The molecule has 0 spiro atoms. The molecule has 5 heteroatoms. The number of carboxylic acid groups (broad SMARTS) is 1. The lowest BCUT2D eigenvalue weighted by molar-refractivity contribution is -0.310. The molecule has 4 rings (SSSR count). The Bertz CT molecular complexity index is 780. The molecule has 2 N–H and O–H groups in total. The third-order valence-electron chi connectivity index (χ3n) is 8.58. The van der Waals surface area contributed by atoms with Crippen LogP contribution in [-0.4, -0.2) is 23.3 Å². The molecule has 0 aromatic rings. The highest BCUT2D eigenvalue weighted by Crippen LogP contribution is 2.67. The van der Waals surface area contributed by atoms with Gasteiger partial charge in [0.15, 0.2) is 0 Å². The number of rotatable bonds is 4. The van der Waals surface area contributed by atoms with Gasteiger partial charge in [0.05, 0.1) is 11.7 Å². The van der Waals surface area contributed by atoms with E-state index in [1.165, 1.54) is 5.57 Å². The quantitative estimate of drug-likeness (QED) is 0.573. The molecule has 6 atom stereocenters. The van der Waals surface area contributed by atoms with Crippen molar-refractivity contribution in [2.45, 2.75) is 64.4 Å². The molecule has 28 heavy (non-hydrogen) atoms. The lowest BCUT2D eigenvalue weighted by atomic mass is 9.47. The summed E-state index contributed by atoms with van der Waals surface area (Å²) in [5.74, 6) is 3.18. The SMILES string of the molecule is C#C[C@]1(O)CC[C@@H]2[C@@H]3CCC4=CC(NOCC(=O)[O-])=CC[C@@]4(C)[C@@H]3CC[C@@]21C. The molecule has 0 aromatic carbocycles. The highest BCUT2D eigenvalue weighted by Gasteiger charge is 2.63. The fourth-order valence-electron chi connectivity index (χ4n) is 6.92. The number of carbonyl (C=O) groups is 1. The molecule has 0 unspecified atom stereocenters. The summed E-state index contributed by atoms with van der Waals surface area (Å²) in [5, 5.41) is 21.6. The van der Waals surface area contributed by atoms with Gasteiger partial charge in [-0.25, -0.2) is 0 Å². The van der Waals surface area contributed by atoms with Gasteiger partial charge in [-0.3, -0.25) is 10.3 Å². The second-order valence-electron chi connectivity index (χ2n) is 9.63. The van der Waals surface area contributed by atoms with Crippen LogP contribution < -0.4 is 10.6 Å². The number of terminal acetylenes is 1. The van der Waals surface area contributed by atoms with Crippen LogP contribution >= 0.6 is 0 Å². The van der Waals surface area contributed by atoms with Crippen molar-refractivity contribution in [3.8, 4) is 12.3 Å². The van der Waals surface area contributed by atoms with Crippen LogP contribution in [0.4, 0.5) is 0 Å². The first-order valence-electron chi connectivity index (χ1n) is 10.4. The Morgan fingerprint density at radius 1 is 1.36 bits per heavy atom. The predicted molar refractivity (Wildman–Crippen MR) is 103 cm³/mol. The monoisotopic (exact) mass is 384 g/mol. The van der Waals surface area contributed by atoms with Crippen LogP contribution in [0.1, 0.15) is 58.8 Å². The van der Waals surface area contributed by atoms with Crippen LogP contribution in [0.25, 0.3) is 0 Å². The number of allylic oxidation sites excluding steroid dienone is 3. The minimum atomic E-state index is -1.24. The minimum absolute atomic E-state index is 0.112. The molecule has 0 heterocycles. The molecule has 0 bridgehead atoms. The van der Waals surface area contributed by atoms with Crippen LogP contribution in [0, 0.1) is 40.9 Å². The first kappa shape index (κ1) is 19.5. The fraction of sp³-hybridized carbons (Fsp3) is 0.696. The van der Waals surface area contributed by atoms with Gasteiger partial charge in [0.2, 0.25) is 0 Å². The molecular formula is C23H30NO4-. The van der Waals surface area contributed by atoms with Crippen LogP contribution in [0.5, 0.6) is 0 Å². The van der Waals surface area contributed by atoms with Gasteiger partial charge in [0.1, 0.15) is 12.2 Å². The van der Waals surface area contributed by atoms with E-state index in [2.05, 4.69) is 37.4 Å². The largest absolute Gasteiger partial charge is 0.548 e. The van der Waals surface area contributed by atoms with Crippen molar-refractivity contribution in [1.29, 1.82) is 0 Å². The number of aliphatic carboxylic acids is 1. The Kier molecular flexibility index (Phi) is 4.63.